The maximum atomic E-state index is 13.9. The molecule has 0 spiro atoms. The molecule has 1 fully saturated rings. The second-order valence-electron chi connectivity index (χ2n) is 9.16. The Bertz CT molecular complexity index is 1490. The Balaban J connectivity index is 1.20. The zero-order valence-corrected chi connectivity index (χ0v) is 21.2. The SMILES string of the molecule is Cc1cn(-c2ccc(=O)n(CCNc3ccnc(C(=O)NCCN4CCOCC4)c3)n2)c2cc(F)ccc12. The first-order valence-corrected chi connectivity index (χ1v) is 12.6. The van der Waals surface area contributed by atoms with Gasteiger partial charge in [-0.25, -0.2) is 9.07 Å². The van der Waals surface area contributed by atoms with Crippen molar-refractivity contribution < 1.29 is 13.9 Å². The molecule has 1 saturated heterocycles. The summed E-state index contributed by atoms with van der Waals surface area (Å²) in [6.07, 6.45) is 3.45. The first kappa shape index (κ1) is 25.6. The predicted molar refractivity (Wildman–Crippen MR) is 142 cm³/mol. The Labute approximate surface area is 219 Å². The van der Waals surface area contributed by atoms with Crippen LogP contribution in [0.2, 0.25) is 0 Å². The lowest BCUT2D eigenvalue weighted by atomic mass is 10.2. The number of rotatable bonds is 9. The topological polar surface area (TPSA) is 106 Å². The predicted octanol–water partition coefficient (Wildman–Crippen LogP) is 2.20. The molecule has 1 aromatic carbocycles. The van der Waals surface area contributed by atoms with Crippen LogP contribution in [-0.4, -0.2) is 76.1 Å². The van der Waals surface area contributed by atoms with Crippen LogP contribution in [0.3, 0.4) is 0 Å². The van der Waals surface area contributed by atoms with Crippen molar-refractivity contribution in [3.8, 4) is 5.82 Å². The van der Waals surface area contributed by atoms with Crippen molar-refractivity contribution in [1.29, 1.82) is 0 Å². The van der Waals surface area contributed by atoms with E-state index in [4.69, 9.17) is 4.74 Å². The molecule has 0 aliphatic carbocycles. The Morgan fingerprint density at radius 3 is 2.76 bits per heavy atom. The summed E-state index contributed by atoms with van der Waals surface area (Å²) in [5, 5.41) is 11.6. The van der Waals surface area contributed by atoms with Gasteiger partial charge in [-0.3, -0.25) is 24.0 Å². The Morgan fingerprint density at radius 2 is 1.92 bits per heavy atom. The van der Waals surface area contributed by atoms with Crippen LogP contribution in [0.25, 0.3) is 16.7 Å². The number of pyridine rings is 1. The van der Waals surface area contributed by atoms with Gasteiger partial charge >= 0.3 is 0 Å². The van der Waals surface area contributed by atoms with E-state index in [0.717, 1.165) is 43.8 Å². The number of fused-ring (bicyclic) bond motifs is 1. The van der Waals surface area contributed by atoms with Crippen LogP contribution >= 0.6 is 0 Å². The molecule has 10 nitrogen and oxygen atoms in total. The van der Waals surface area contributed by atoms with E-state index in [0.29, 0.717) is 42.4 Å². The van der Waals surface area contributed by atoms with Crippen molar-refractivity contribution >= 4 is 22.5 Å². The quantitative estimate of drug-likeness (QED) is 0.349. The van der Waals surface area contributed by atoms with Gasteiger partial charge in [0.2, 0.25) is 0 Å². The van der Waals surface area contributed by atoms with Crippen LogP contribution in [-0.2, 0) is 11.3 Å². The summed E-state index contributed by atoms with van der Waals surface area (Å²) in [4.78, 5) is 31.4. The summed E-state index contributed by atoms with van der Waals surface area (Å²) in [5.41, 5.74) is 2.46. The highest BCUT2D eigenvalue weighted by Crippen LogP contribution is 2.24. The normalized spacial score (nSPS) is 14.1. The van der Waals surface area contributed by atoms with Gasteiger partial charge in [-0.1, -0.05) is 0 Å². The number of benzene rings is 1. The monoisotopic (exact) mass is 519 g/mol. The van der Waals surface area contributed by atoms with E-state index in [1.54, 1.807) is 35.0 Å². The number of amides is 1. The van der Waals surface area contributed by atoms with Crippen LogP contribution < -0.4 is 16.2 Å². The zero-order valence-electron chi connectivity index (χ0n) is 21.2. The lowest BCUT2D eigenvalue weighted by molar-refractivity contribution is 0.0383. The van der Waals surface area contributed by atoms with Crippen molar-refractivity contribution in [1.82, 2.24) is 29.5 Å². The van der Waals surface area contributed by atoms with Gasteiger partial charge in [0.15, 0.2) is 5.82 Å². The molecule has 0 radical (unpaired) electrons. The van der Waals surface area contributed by atoms with Crippen molar-refractivity contribution in [3.05, 3.63) is 82.3 Å². The number of nitrogens with one attached hydrogen (secondary N) is 2. The van der Waals surface area contributed by atoms with E-state index in [2.05, 4.69) is 25.6 Å². The van der Waals surface area contributed by atoms with Gasteiger partial charge in [-0.2, -0.15) is 5.10 Å². The number of ether oxygens (including phenoxy) is 1. The number of nitrogens with zero attached hydrogens (tertiary/aromatic N) is 5. The van der Waals surface area contributed by atoms with E-state index >= 15 is 0 Å². The highest BCUT2D eigenvalue weighted by atomic mass is 19.1. The lowest BCUT2D eigenvalue weighted by Crippen LogP contribution is -2.41. The summed E-state index contributed by atoms with van der Waals surface area (Å²) in [7, 11) is 0. The van der Waals surface area contributed by atoms with Crippen LogP contribution in [0, 0.1) is 12.7 Å². The molecule has 1 aliphatic rings. The fourth-order valence-electron chi connectivity index (χ4n) is 4.50. The van der Waals surface area contributed by atoms with Gasteiger partial charge in [0, 0.05) is 62.3 Å². The molecule has 0 unspecified atom stereocenters. The molecule has 3 aromatic heterocycles. The minimum Gasteiger partial charge on any atom is -0.383 e. The van der Waals surface area contributed by atoms with E-state index in [1.165, 1.54) is 22.9 Å². The molecule has 5 rings (SSSR count). The fourth-order valence-corrected chi connectivity index (χ4v) is 4.50. The molecule has 11 heteroatoms. The van der Waals surface area contributed by atoms with E-state index in [9.17, 15) is 14.0 Å². The number of halogens is 1. The van der Waals surface area contributed by atoms with E-state index < -0.39 is 0 Å². The van der Waals surface area contributed by atoms with Crippen molar-refractivity contribution in [2.45, 2.75) is 13.5 Å². The third kappa shape index (κ3) is 5.90. The maximum Gasteiger partial charge on any atom is 0.269 e. The molecule has 4 aromatic rings. The molecule has 1 aliphatic heterocycles. The number of morpholine rings is 1. The summed E-state index contributed by atoms with van der Waals surface area (Å²) in [5.74, 6) is -0.0525. The molecule has 0 bridgehead atoms. The molecule has 1 amide bonds. The van der Waals surface area contributed by atoms with Gasteiger partial charge in [0.05, 0.1) is 25.3 Å². The minimum absolute atomic E-state index is 0.238. The smallest absolute Gasteiger partial charge is 0.269 e. The van der Waals surface area contributed by atoms with E-state index in [1.807, 2.05) is 13.1 Å². The number of hydrogen-bond acceptors (Lipinski definition) is 7. The minimum atomic E-state index is -0.336. The summed E-state index contributed by atoms with van der Waals surface area (Å²) < 4.78 is 22.4. The van der Waals surface area contributed by atoms with Gasteiger partial charge < -0.3 is 15.4 Å². The maximum absolute atomic E-state index is 13.9. The van der Waals surface area contributed by atoms with Crippen LogP contribution in [0.1, 0.15) is 16.1 Å². The molecule has 4 heterocycles. The zero-order chi connectivity index (χ0) is 26.5. The molecule has 0 atom stereocenters. The summed E-state index contributed by atoms with van der Waals surface area (Å²) >= 11 is 0. The Kier molecular flexibility index (Phi) is 7.75. The molecular formula is C27H30FN7O3. The van der Waals surface area contributed by atoms with Gasteiger partial charge in [0.25, 0.3) is 11.5 Å². The largest absolute Gasteiger partial charge is 0.383 e. The molecular weight excluding hydrogens is 489 g/mol. The second-order valence-corrected chi connectivity index (χ2v) is 9.16. The highest BCUT2D eigenvalue weighted by molar-refractivity contribution is 5.93. The van der Waals surface area contributed by atoms with Crippen molar-refractivity contribution in [3.63, 3.8) is 0 Å². The van der Waals surface area contributed by atoms with Crippen LogP contribution in [0.4, 0.5) is 10.1 Å². The fraction of sp³-hybridized carbons (Fsp3) is 0.333. The van der Waals surface area contributed by atoms with Crippen molar-refractivity contribution in [2.75, 3.05) is 51.3 Å². The molecule has 0 saturated carbocycles. The standard InChI is InChI=1S/C27H30FN7O3/c1-19-18-34(24-16-20(28)2-3-22(19)24)25-4-5-26(36)35(32-25)11-9-29-21-6-7-30-23(17-21)27(37)31-8-10-33-12-14-38-15-13-33/h2-7,16-18H,8-15H2,1H3,(H,29,30)(H,31,37). The number of carbonyl (C=O) groups excluding carboxylic acids is 1. The van der Waals surface area contributed by atoms with Crippen LogP contribution in [0.5, 0.6) is 0 Å². The number of aryl methyl sites for hydroxylation is 1. The lowest BCUT2D eigenvalue weighted by Gasteiger charge is -2.26. The van der Waals surface area contributed by atoms with Crippen molar-refractivity contribution in [2.24, 2.45) is 0 Å². The van der Waals surface area contributed by atoms with Gasteiger partial charge in [0.1, 0.15) is 11.5 Å². The molecule has 2 N–H and O–H groups in total. The third-order valence-corrected chi connectivity index (χ3v) is 6.53. The summed E-state index contributed by atoms with van der Waals surface area (Å²) in [6, 6.07) is 11.2. The highest BCUT2D eigenvalue weighted by Gasteiger charge is 2.13. The molecule has 38 heavy (non-hydrogen) atoms. The summed E-state index contributed by atoms with van der Waals surface area (Å²) in [6.45, 7) is 7.12. The molecule has 198 valence electrons. The first-order valence-electron chi connectivity index (χ1n) is 12.6. The van der Waals surface area contributed by atoms with Gasteiger partial charge in [-0.05, 0) is 48.9 Å². The Hall–Kier alpha value is -4.09. The van der Waals surface area contributed by atoms with E-state index in [-0.39, 0.29) is 17.3 Å². The van der Waals surface area contributed by atoms with Gasteiger partial charge in [-0.15, -0.1) is 0 Å². The number of aromatic nitrogens is 4. The third-order valence-electron chi connectivity index (χ3n) is 6.53. The average Bonchev–Trinajstić information content (AvgIpc) is 3.25. The number of hydrogen-bond donors (Lipinski definition) is 2. The van der Waals surface area contributed by atoms with Crippen LogP contribution in [0.15, 0.2) is 59.7 Å². The first-order chi connectivity index (χ1) is 18.5. The number of carbonyl (C=O) groups is 1. The number of anilines is 1. The second kappa shape index (κ2) is 11.5. The Morgan fingerprint density at radius 1 is 1.08 bits per heavy atom. The average molecular weight is 520 g/mol.